The van der Waals surface area contributed by atoms with Crippen LogP contribution in [-0.4, -0.2) is 23.7 Å². The molecule has 1 aromatic heterocycles. The maximum atomic E-state index is 10.2. The summed E-state index contributed by atoms with van der Waals surface area (Å²) in [6, 6.07) is 13.4. The van der Waals surface area contributed by atoms with Crippen molar-refractivity contribution in [3.05, 3.63) is 59.9 Å². The highest BCUT2D eigenvalue weighted by molar-refractivity contribution is 5.28. The molecule has 20 heavy (non-hydrogen) atoms. The van der Waals surface area contributed by atoms with Gasteiger partial charge in [0.15, 0.2) is 0 Å². The fraction of sp³-hybridized carbons (Fsp3) is 0.312. The molecule has 4 nitrogen and oxygen atoms in total. The molecule has 0 fully saturated rings. The number of aliphatic hydroxyl groups excluding tert-OH is 1. The maximum Gasteiger partial charge on any atom is 0.118 e. The van der Waals surface area contributed by atoms with Crippen molar-refractivity contribution in [2.45, 2.75) is 19.1 Å². The fourth-order valence-corrected chi connectivity index (χ4v) is 1.97. The van der Waals surface area contributed by atoms with Gasteiger partial charge < -0.3 is 15.2 Å². The number of aromatic nitrogens is 1. The molecule has 2 unspecified atom stereocenters. The summed E-state index contributed by atoms with van der Waals surface area (Å²) >= 11 is 0. The van der Waals surface area contributed by atoms with Crippen LogP contribution in [0.2, 0.25) is 0 Å². The average Bonchev–Trinajstić information content (AvgIpc) is 2.53. The summed E-state index contributed by atoms with van der Waals surface area (Å²) in [5.74, 6) is 0.788. The van der Waals surface area contributed by atoms with Crippen molar-refractivity contribution in [2.75, 3.05) is 13.7 Å². The van der Waals surface area contributed by atoms with Crippen LogP contribution in [0, 0.1) is 0 Å². The second kappa shape index (κ2) is 7.03. The van der Waals surface area contributed by atoms with Crippen molar-refractivity contribution in [2.24, 2.45) is 0 Å². The molecule has 2 aromatic rings. The number of nitrogens with zero attached hydrogens (tertiary/aromatic N) is 1. The van der Waals surface area contributed by atoms with Crippen LogP contribution in [-0.2, 0) is 0 Å². The van der Waals surface area contributed by atoms with E-state index in [4.69, 9.17) is 4.74 Å². The predicted octanol–water partition coefficient (Wildman–Crippen LogP) is 2.47. The van der Waals surface area contributed by atoms with Gasteiger partial charge in [0.05, 0.1) is 18.9 Å². The van der Waals surface area contributed by atoms with Crippen molar-refractivity contribution in [3.8, 4) is 5.75 Å². The summed E-state index contributed by atoms with van der Waals surface area (Å²) in [6.07, 6.45) is 1.22. The number of benzene rings is 1. The molecule has 0 bridgehead atoms. The van der Waals surface area contributed by atoms with Crippen molar-refractivity contribution >= 4 is 0 Å². The third-order valence-corrected chi connectivity index (χ3v) is 3.25. The number of hydrogen-bond acceptors (Lipinski definition) is 4. The predicted molar refractivity (Wildman–Crippen MR) is 78.6 cm³/mol. The quantitative estimate of drug-likeness (QED) is 0.848. The topological polar surface area (TPSA) is 54.4 Å². The van der Waals surface area contributed by atoms with Crippen molar-refractivity contribution in [3.63, 3.8) is 0 Å². The van der Waals surface area contributed by atoms with E-state index in [0.29, 0.717) is 6.54 Å². The van der Waals surface area contributed by atoms with E-state index in [0.717, 1.165) is 17.0 Å². The highest BCUT2D eigenvalue weighted by Crippen LogP contribution is 2.18. The molecule has 0 amide bonds. The van der Waals surface area contributed by atoms with Crippen LogP contribution < -0.4 is 10.1 Å². The standard InChI is InChI=1S/C16H20N2O2/c1-12(15-5-3-4-10-17-15)18-11-16(19)13-6-8-14(20-2)9-7-13/h3-10,12,16,18-19H,11H2,1-2H3. The molecule has 0 saturated carbocycles. The van der Waals surface area contributed by atoms with Crippen LogP contribution in [0.3, 0.4) is 0 Å². The van der Waals surface area contributed by atoms with E-state index in [1.807, 2.05) is 49.4 Å². The van der Waals surface area contributed by atoms with Crippen LogP contribution in [0.4, 0.5) is 0 Å². The molecular weight excluding hydrogens is 252 g/mol. The zero-order valence-electron chi connectivity index (χ0n) is 11.8. The molecule has 2 rings (SSSR count). The molecule has 0 aliphatic heterocycles. The number of ether oxygens (including phenoxy) is 1. The number of aliphatic hydroxyl groups is 1. The number of hydrogen-bond donors (Lipinski definition) is 2. The smallest absolute Gasteiger partial charge is 0.118 e. The molecule has 0 aliphatic carbocycles. The lowest BCUT2D eigenvalue weighted by Crippen LogP contribution is -2.25. The van der Waals surface area contributed by atoms with Gasteiger partial charge in [-0.3, -0.25) is 4.98 Å². The van der Waals surface area contributed by atoms with Gasteiger partial charge in [0, 0.05) is 18.8 Å². The molecule has 0 radical (unpaired) electrons. The molecular formula is C16H20N2O2. The first-order valence-corrected chi connectivity index (χ1v) is 6.67. The molecule has 0 saturated heterocycles. The average molecular weight is 272 g/mol. The van der Waals surface area contributed by atoms with E-state index >= 15 is 0 Å². The monoisotopic (exact) mass is 272 g/mol. The number of nitrogens with one attached hydrogen (secondary N) is 1. The summed E-state index contributed by atoms with van der Waals surface area (Å²) < 4.78 is 5.10. The minimum Gasteiger partial charge on any atom is -0.497 e. The second-order valence-corrected chi connectivity index (χ2v) is 4.67. The van der Waals surface area contributed by atoms with Gasteiger partial charge in [-0.05, 0) is 36.8 Å². The molecule has 0 aliphatic rings. The van der Waals surface area contributed by atoms with E-state index in [9.17, 15) is 5.11 Å². The molecule has 2 N–H and O–H groups in total. The lowest BCUT2D eigenvalue weighted by atomic mass is 10.1. The van der Waals surface area contributed by atoms with E-state index in [-0.39, 0.29) is 6.04 Å². The van der Waals surface area contributed by atoms with E-state index < -0.39 is 6.10 Å². The lowest BCUT2D eigenvalue weighted by molar-refractivity contribution is 0.170. The zero-order chi connectivity index (χ0) is 14.4. The summed E-state index contributed by atoms with van der Waals surface area (Å²) in [6.45, 7) is 2.51. The number of pyridine rings is 1. The third-order valence-electron chi connectivity index (χ3n) is 3.25. The molecule has 1 aromatic carbocycles. The number of methoxy groups -OCH3 is 1. The summed E-state index contributed by atoms with van der Waals surface area (Å²) in [4.78, 5) is 4.29. The highest BCUT2D eigenvalue weighted by Gasteiger charge is 2.11. The summed E-state index contributed by atoms with van der Waals surface area (Å²) in [5, 5.41) is 13.4. The van der Waals surface area contributed by atoms with Crippen LogP contribution in [0.25, 0.3) is 0 Å². The Hall–Kier alpha value is -1.91. The first kappa shape index (κ1) is 14.5. The molecule has 2 atom stereocenters. The van der Waals surface area contributed by atoms with Crippen molar-refractivity contribution in [1.82, 2.24) is 10.3 Å². The Kier molecular flexibility index (Phi) is 5.09. The normalized spacial score (nSPS) is 13.8. The van der Waals surface area contributed by atoms with Crippen LogP contribution >= 0.6 is 0 Å². The molecule has 1 heterocycles. The Balaban J connectivity index is 1.89. The van der Waals surface area contributed by atoms with E-state index in [1.165, 1.54) is 0 Å². The van der Waals surface area contributed by atoms with Gasteiger partial charge in [0.1, 0.15) is 5.75 Å². The minimum atomic E-state index is -0.549. The SMILES string of the molecule is COc1ccc(C(O)CNC(C)c2ccccn2)cc1. The van der Waals surface area contributed by atoms with Gasteiger partial charge >= 0.3 is 0 Å². The largest absolute Gasteiger partial charge is 0.497 e. The number of rotatable bonds is 6. The van der Waals surface area contributed by atoms with Gasteiger partial charge in [0.2, 0.25) is 0 Å². The van der Waals surface area contributed by atoms with Crippen LogP contribution in [0.5, 0.6) is 5.75 Å². The lowest BCUT2D eigenvalue weighted by Gasteiger charge is -2.17. The van der Waals surface area contributed by atoms with Crippen molar-refractivity contribution in [1.29, 1.82) is 0 Å². The first-order chi connectivity index (χ1) is 9.70. The fourth-order valence-electron chi connectivity index (χ4n) is 1.97. The van der Waals surface area contributed by atoms with E-state index in [1.54, 1.807) is 13.3 Å². The Labute approximate surface area is 119 Å². The Morgan fingerprint density at radius 2 is 1.95 bits per heavy atom. The zero-order valence-corrected chi connectivity index (χ0v) is 11.8. The highest BCUT2D eigenvalue weighted by atomic mass is 16.5. The van der Waals surface area contributed by atoms with Crippen molar-refractivity contribution < 1.29 is 9.84 Å². The van der Waals surface area contributed by atoms with Gasteiger partial charge in [-0.2, -0.15) is 0 Å². The molecule has 0 spiro atoms. The van der Waals surface area contributed by atoms with E-state index in [2.05, 4.69) is 10.3 Å². The van der Waals surface area contributed by atoms with Crippen LogP contribution in [0.1, 0.15) is 30.3 Å². The Morgan fingerprint density at radius 1 is 1.20 bits per heavy atom. The molecule has 106 valence electrons. The van der Waals surface area contributed by atoms with Crippen LogP contribution in [0.15, 0.2) is 48.7 Å². The van der Waals surface area contributed by atoms with Gasteiger partial charge in [0.25, 0.3) is 0 Å². The molecule has 4 heteroatoms. The van der Waals surface area contributed by atoms with Gasteiger partial charge in [-0.25, -0.2) is 0 Å². The minimum absolute atomic E-state index is 0.101. The maximum absolute atomic E-state index is 10.2. The summed E-state index contributed by atoms with van der Waals surface area (Å²) in [7, 11) is 1.63. The first-order valence-electron chi connectivity index (χ1n) is 6.67. The van der Waals surface area contributed by atoms with Gasteiger partial charge in [-0.1, -0.05) is 18.2 Å². The van der Waals surface area contributed by atoms with Gasteiger partial charge in [-0.15, -0.1) is 0 Å². The summed E-state index contributed by atoms with van der Waals surface area (Å²) in [5.41, 5.74) is 1.83. The Bertz CT molecular complexity index is 514. The second-order valence-electron chi connectivity index (χ2n) is 4.67. The Morgan fingerprint density at radius 3 is 2.55 bits per heavy atom. The third kappa shape index (κ3) is 3.79.